The number of aryl methyl sites for hydroxylation is 1. The number of hydrogen-bond acceptors (Lipinski definition) is 2. The van der Waals surface area contributed by atoms with Gasteiger partial charge in [-0.15, -0.1) is 0 Å². The number of rotatable bonds is 8. The van der Waals surface area contributed by atoms with Gasteiger partial charge in [0, 0.05) is 7.11 Å². The second kappa shape index (κ2) is 7.66. The molecule has 1 atom stereocenters. The average molecular weight is 263 g/mol. The number of hydrogen-bond donors (Lipinski definition) is 1. The van der Waals surface area contributed by atoms with Gasteiger partial charge < -0.3 is 10.1 Å². The summed E-state index contributed by atoms with van der Waals surface area (Å²) in [7, 11) is 1.83. The summed E-state index contributed by atoms with van der Waals surface area (Å²) >= 11 is 0. The molecule has 0 aromatic heterocycles. The summed E-state index contributed by atoms with van der Waals surface area (Å²) in [6.45, 7) is 9.70. The highest BCUT2D eigenvalue weighted by Crippen LogP contribution is 2.35. The molecule has 0 fully saturated rings. The molecule has 1 aromatic rings. The summed E-state index contributed by atoms with van der Waals surface area (Å²) in [4.78, 5) is 0. The van der Waals surface area contributed by atoms with Crippen LogP contribution < -0.4 is 5.32 Å². The third-order valence-corrected chi connectivity index (χ3v) is 4.26. The smallest absolute Gasteiger partial charge is 0.0867 e. The first-order chi connectivity index (χ1) is 9.17. The molecule has 1 N–H and O–H groups in total. The molecule has 0 aliphatic heterocycles. The van der Waals surface area contributed by atoms with Gasteiger partial charge in [-0.2, -0.15) is 0 Å². The molecule has 0 spiro atoms. The van der Waals surface area contributed by atoms with E-state index < -0.39 is 0 Å². The molecule has 1 rings (SSSR count). The summed E-state index contributed by atoms with van der Waals surface area (Å²) in [6.07, 6.45) is 3.10. The van der Waals surface area contributed by atoms with E-state index in [1.807, 2.05) is 7.11 Å². The van der Waals surface area contributed by atoms with Crippen molar-refractivity contribution in [1.82, 2.24) is 5.32 Å². The molecule has 0 aliphatic rings. The number of nitrogens with one attached hydrogen (secondary N) is 1. The van der Waals surface area contributed by atoms with E-state index in [0.717, 1.165) is 25.8 Å². The van der Waals surface area contributed by atoms with E-state index in [4.69, 9.17) is 4.74 Å². The van der Waals surface area contributed by atoms with Crippen LogP contribution in [0.5, 0.6) is 0 Å². The zero-order valence-electron chi connectivity index (χ0n) is 13.1. The Hall–Kier alpha value is -0.860. The van der Waals surface area contributed by atoms with E-state index in [2.05, 4.69) is 57.3 Å². The molecule has 0 bridgehead atoms. The van der Waals surface area contributed by atoms with Crippen LogP contribution in [-0.2, 0) is 11.2 Å². The second-order valence-corrected chi connectivity index (χ2v) is 5.06. The third kappa shape index (κ3) is 3.58. The molecule has 108 valence electrons. The lowest BCUT2D eigenvalue weighted by molar-refractivity contribution is -0.0482. The lowest BCUT2D eigenvalue weighted by Gasteiger charge is -2.39. The van der Waals surface area contributed by atoms with Gasteiger partial charge in [-0.05, 0) is 36.9 Å². The van der Waals surface area contributed by atoms with E-state index >= 15 is 0 Å². The second-order valence-electron chi connectivity index (χ2n) is 5.06. The molecule has 2 heteroatoms. The fourth-order valence-electron chi connectivity index (χ4n) is 2.82. The van der Waals surface area contributed by atoms with Crippen LogP contribution >= 0.6 is 0 Å². The van der Waals surface area contributed by atoms with Crippen LogP contribution in [0.25, 0.3) is 0 Å². The molecule has 2 nitrogen and oxygen atoms in total. The highest BCUT2D eigenvalue weighted by molar-refractivity contribution is 5.27. The van der Waals surface area contributed by atoms with Gasteiger partial charge in [0.1, 0.15) is 0 Å². The van der Waals surface area contributed by atoms with Crippen molar-refractivity contribution in [2.75, 3.05) is 13.7 Å². The van der Waals surface area contributed by atoms with Gasteiger partial charge in [0.15, 0.2) is 0 Å². The maximum absolute atomic E-state index is 5.90. The third-order valence-electron chi connectivity index (χ3n) is 4.26. The van der Waals surface area contributed by atoms with Crippen LogP contribution in [0.3, 0.4) is 0 Å². The van der Waals surface area contributed by atoms with Crippen LogP contribution in [0.1, 0.15) is 57.7 Å². The highest BCUT2D eigenvalue weighted by atomic mass is 16.5. The highest BCUT2D eigenvalue weighted by Gasteiger charge is 2.36. The molecule has 0 aliphatic carbocycles. The van der Waals surface area contributed by atoms with Crippen LogP contribution in [0.2, 0.25) is 0 Å². The van der Waals surface area contributed by atoms with E-state index in [1.165, 1.54) is 11.1 Å². The van der Waals surface area contributed by atoms with Crippen molar-refractivity contribution in [3.05, 3.63) is 35.4 Å². The minimum Gasteiger partial charge on any atom is -0.376 e. The number of likely N-dealkylation sites (N-methyl/N-ethyl adjacent to an activating group) is 1. The molecule has 0 radical (unpaired) electrons. The van der Waals surface area contributed by atoms with Gasteiger partial charge in [0.05, 0.1) is 11.6 Å². The van der Waals surface area contributed by atoms with Crippen molar-refractivity contribution >= 4 is 0 Å². The SMILES string of the molecule is CCNC(c1ccc(CC)cc1)C(CC)(CC)OC. The quantitative estimate of drug-likeness (QED) is 0.762. The van der Waals surface area contributed by atoms with Gasteiger partial charge in [0.2, 0.25) is 0 Å². The van der Waals surface area contributed by atoms with Gasteiger partial charge >= 0.3 is 0 Å². The standard InChI is InChI=1S/C17H29NO/c1-6-14-10-12-15(13-11-14)16(18-9-4)17(7-2,8-3)19-5/h10-13,16,18H,6-9H2,1-5H3. The van der Waals surface area contributed by atoms with Crippen molar-refractivity contribution in [1.29, 1.82) is 0 Å². The molecular formula is C17H29NO. The minimum atomic E-state index is -0.121. The fraction of sp³-hybridized carbons (Fsp3) is 0.647. The maximum atomic E-state index is 5.90. The zero-order valence-corrected chi connectivity index (χ0v) is 13.1. The molecular weight excluding hydrogens is 234 g/mol. The number of methoxy groups -OCH3 is 1. The van der Waals surface area contributed by atoms with Crippen LogP contribution in [-0.4, -0.2) is 19.3 Å². The van der Waals surface area contributed by atoms with Gasteiger partial charge in [0.25, 0.3) is 0 Å². The lowest BCUT2D eigenvalue weighted by atomic mass is 9.83. The van der Waals surface area contributed by atoms with E-state index in [0.29, 0.717) is 0 Å². The van der Waals surface area contributed by atoms with Crippen molar-refractivity contribution in [3.63, 3.8) is 0 Å². The summed E-state index contributed by atoms with van der Waals surface area (Å²) in [5.41, 5.74) is 2.59. The van der Waals surface area contributed by atoms with Gasteiger partial charge in [-0.3, -0.25) is 0 Å². The van der Waals surface area contributed by atoms with Crippen LogP contribution in [0, 0.1) is 0 Å². The Morgan fingerprint density at radius 3 is 2.00 bits per heavy atom. The predicted octanol–water partition coefficient (Wildman–Crippen LogP) is 4.10. The van der Waals surface area contributed by atoms with Crippen LogP contribution in [0.4, 0.5) is 0 Å². The Morgan fingerprint density at radius 2 is 1.63 bits per heavy atom. The van der Waals surface area contributed by atoms with Crippen LogP contribution in [0.15, 0.2) is 24.3 Å². The average Bonchev–Trinajstić information content (AvgIpc) is 2.48. The number of ether oxygens (including phenoxy) is 1. The predicted molar refractivity (Wildman–Crippen MR) is 82.6 cm³/mol. The Bertz CT molecular complexity index is 346. The zero-order chi connectivity index (χ0) is 14.3. The molecule has 1 aromatic carbocycles. The first-order valence-corrected chi connectivity index (χ1v) is 7.54. The normalized spacial score (nSPS) is 13.5. The number of benzene rings is 1. The first-order valence-electron chi connectivity index (χ1n) is 7.54. The molecule has 0 saturated heterocycles. The summed E-state index contributed by atoms with van der Waals surface area (Å²) in [6, 6.07) is 9.19. The molecule has 1 unspecified atom stereocenters. The monoisotopic (exact) mass is 263 g/mol. The summed E-state index contributed by atoms with van der Waals surface area (Å²) < 4.78 is 5.90. The van der Waals surface area contributed by atoms with Gasteiger partial charge in [-0.25, -0.2) is 0 Å². The van der Waals surface area contributed by atoms with Gasteiger partial charge in [-0.1, -0.05) is 52.0 Å². The fourth-order valence-corrected chi connectivity index (χ4v) is 2.82. The lowest BCUT2D eigenvalue weighted by Crippen LogP contribution is -2.44. The Kier molecular flexibility index (Phi) is 6.53. The Balaban J connectivity index is 3.10. The largest absolute Gasteiger partial charge is 0.376 e. The molecule has 0 heterocycles. The Labute approximate surface area is 118 Å². The molecule has 0 saturated carbocycles. The molecule has 0 amide bonds. The molecule has 19 heavy (non-hydrogen) atoms. The van der Waals surface area contributed by atoms with Crippen molar-refractivity contribution < 1.29 is 4.74 Å². The van der Waals surface area contributed by atoms with Crippen molar-refractivity contribution in [2.24, 2.45) is 0 Å². The van der Waals surface area contributed by atoms with E-state index in [-0.39, 0.29) is 11.6 Å². The van der Waals surface area contributed by atoms with E-state index in [1.54, 1.807) is 0 Å². The summed E-state index contributed by atoms with van der Waals surface area (Å²) in [5.74, 6) is 0. The Morgan fingerprint density at radius 1 is 1.05 bits per heavy atom. The minimum absolute atomic E-state index is 0.121. The van der Waals surface area contributed by atoms with Crippen molar-refractivity contribution in [3.8, 4) is 0 Å². The topological polar surface area (TPSA) is 21.3 Å². The maximum Gasteiger partial charge on any atom is 0.0867 e. The first kappa shape index (κ1) is 16.2. The van der Waals surface area contributed by atoms with E-state index in [9.17, 15) is 0 Å². The summed E-state index contributed by atoms with van der Waals surface area (Å²) in [5, 5.41) is 3.61. The van der Waals surface area contributed by atoms with Crippen molar-refractivity contribution in [2.45, 2.75) is 58.6 Å².